The standard InChI is InChI=1S/C17H21ClN2O/c1-10(2)13-4-5-16(20-8-12(9-21)11(20)3)15-7-19-17(18)6-14(13)15/h4-7,10-12,21H,8-9H2,1-3H3/t11-,12-/m1/s1. The molecule has 21 heavy (non-hydrogen) atoms. The highest BCUT2D eigenvalue weighted by atomic mass is 35.5. The summed E-state index contributed by atoms with van der Waals surface area (Å²) >= 11 is 6.09. The number of benzene rings is 1. The summed E-state index contributed by atoms with van der Waals surface area (Å²) in [5.41, 5.74) is 2.49. The van der Waals surface area contributed by atoms with Crippen LogP contribution in [-0.2, 0) is 0 Å². The summed E-state index contributed by atoms with van der Waals surface area (Å²) in [5, 5.41) is 12.2. The second-order valence-electron chi connectivity index (χ2n) is 6.22. The molecule has 1 aromatic heterocycles. The molecule has 1 fully saturated rings. The maximum atomic E-state index is 9.33. The van der Waals surface area contributed by atoms with E-state index in [9.17, 15) is 5.11 Å². The van der Waals surface area contributed by atoms with Crippen LogP contribution in [0.15, 0.2) is 24.4 Å². The number of aromatic nitrogens is 1. The van der Waals surface area contributed by atoms with E-state index in [0.29, 0.717) is 23.0 Å². The van der Waals surface area contributed by atoms with Crippen LogP contribution in [0.25, 0.3) is 10.8 Å². The first-order valence-corrected chi connectivity index (χ1v) is 7.86. The van der Waals surface area contributed by atoms with Crippen molar-refractivity contribution in [3.05, 3.63) is 35.1 Å². The largest absolute Gasteiger partial charge is 0.396 e. The van der Waals surface area contributed by atoms with E-state index in [4.69, 9.17) is 11.6 Å². The summed E-state index contributed by atoms with van der Waals surface area (Å²) < 4.78 is 0. The van der Waals surface area contributed by atoms with Gasteiger partial charge >= 0.3 is 0 Å². The van der Waals surface area contributed by atoms with E-state index < -0.39 is 0 Å². The molecular formula is C17H21ClN2O. The smallest absolute Gasteiger partial charge is 0.129 e. The Hall–Kier alpha value is -1.32. The molecule has 2 atom stereocenters. The van der Waals surface area contributed by atoms with Gasteiger partial charge in [-0.3, -0.25) is 0 Å². The van der Waals surface area contributed by atoms with Gasteiger partial charge in [-0.05, 0) is 35.9 Å². The van der Waals surface area contributed by atoms with Gasteiger partial charge < -0.3 is 10.0 Å². The third-order valence-corrected chi connectivity index (χ3v) is 4.86. The zero-order valence-corrected chi connectivity index (χ0v) is 13.4. The lowest BCUT2D eigenvalue weighted by atomic mass is 9.88. The number of halogens is 1. The van der Waals surface area contributed by atoms with Gasteiger partial charge in [-0.15, -0.1) is 0 Å². The predicted molar refractivity (Wildman–Crippen MR) is 88.2 cm³/mol. The quantitative estimate of drug-likeness (QED) is 0.876. The van der Waals surface area contributed by atoms with Crippen LogP contribution >= 0.6 is 11.6 Å². The Kier molecular flexibility index (Phi) is 3.80. The Morgan fingerprint density at radius 3 is 2.76 bits per heavy atom. The zero-order valence-electron chi connectivity index (χ0n) is 12.7. The number of pyridine rings is 1. The molecule has 1 N–H and O–H groups in total. The van der Waals surface area contributed by atoms with Gasteiger partial charge in [0.15, 0.2) is 0 Å². The molecule has 0 aliphatic carbocycles. The summed E-state index contributed by atoms with van der Waals surface area (Å²) in [7, 11) is 0. The highest BCUT2D eigenvalue weighted by Gasteiger charge is 2.35. The number of aliphatic hydroxyl groups is 1. The monoisotopic (exact) mass is 304 g/mol. The average Bonchev–Trinajstić information content (AvgIpc) is 2.45. The molecule has 1 aromatic carbocycles. The fourth-order valence-corrected chi connectivity index (χ4v) is 3.35. The Morgan fingerprint density at radius 2 is 2.14 bits per heavy atom. The van der Waals surface area contributed by atoms with E-state index in [1.54, 1.807) is 0 Å². The third-order valence-electron chi connectivity index (χ3n) is 4.65. The molecule has 0 unspecified atom stereocenters. The van der Waals surface area contributed by atoms with Crippen molar-refractivity contribution >= 4 is 28.1 Å². The van der Waals surface area contributed by atoms with Crippen LogP contribution in [0, 0.1) is 5.92 Å². The van der Waals surface area contributed by atoms with E-state index in [2.05, 4.69) is 42.8 Å². The molecule has 0 amide bonds. The molecule has 0 radical (unpaired) electrons. The van der Waals surface area contributed by atoms with Crippen molar-refractivity contribution < 1.29 is 5.11 Å². The molecule has 1 aliphatic heterocycles. The molecule has 2 heterocycles. The minimum absolute atomic E-state index is 0.254. The minimum atomic E-state index is 0.254. The number of nitrogens with zero attached hydrogens (tertiary/aromatic N) is 2. The Balaban J connectivity index is 2.11. The van der Waals surface area contributed by atoms with Crippen LogP contribution in [0.2, 0.25) is 5.15 Å². The van der Waals surface area contributed by atoms with Crippen molar-refractivity contribution in [2.75, 3.05) is 18.1 Å². The fraction of sp³-hybridized carbons (Fsp3) is 0.471. The van der Waals surface area contributed by atoms with E-state index >= 15 is 0 Å². The number of aliphatic hydroxyl groups excluding tert-OH is 1. The molecule has 1 saturated heterocycles. The first-order chi connectivity index (χ1) is 10.0. The maximum Gasteiger partial charge on any atom is 0.129 e. The Bertz CT molecular complexity index is 671. The molecule has 0 bridgehead atoms. The summed E-state index contributed by atoms with van der Waals surface area (Å²) in [6, 6.07) is 6.69. The second-order valence-corrected chi connectivity index (χ2v) is 6.60. The van der Waals surface area contributed by atoms with Gasteiger partial charge in [0.05, 0.1) is 0 Å². The van der Waals surface area contributed by atoms with Gasteiger partial charge in [0.25, 0.3) is 0 Å². The third kappa shape index (κ3) is 2.39. The lowest BCUT2D eigenvalue weighted by molar-refractivity contribution is 0.166. The van der Waals surface area contributed by atoms with E-state index in [0.717, 1.165) is 11.9 Å². The molecule has 3 nitrogen and oxygen atoms in total. The molecular weight excluding hydrogens is 284 g/mol. The highest BCUT2D eigenvalue weighted by molar-refractivity contribution is 6.30. The molecule has 112 valence electrons. The normalized spacial score (nSPS) is 21.9. The van der Waals surface area contributed by atoms with Crippen molar-refractivity contribution in [2.24, 2.45) is 5.92 Å². The van der Waals surface area contributed by atoms with Crippen molar-refractivity contribution in [1.29, 1.82) is 0 Å². The van der Waals surface area contributed by atoms with Crippen LogP contribution in [0.3, 0.4) is 0 Å². The number of hydrogen-bond acceptors (Lipinski definition) is 3. The molecule has 1 aliphatic rings. The van der Waals surface area contributed by atoms with Gasteiger partial charge in [-0.1, -0.05) is 31.5 Å². The topological polar surface area (TPSA) is 36.4 Å². The van der Waals surface area contributed by atoms with Gasteiger partial charge in [-0.2, -0.15) is 0 Å². The molecule has 0 saturated carbocycles. The number of fused-ring (bicyclic) bond motifs is 1. The first kappa shape index (κ1) is 14.6. The van der Waals surface area contributed by atoms with E-state index in [1.165, 1.54) is 16.6 Å². The number of hydrogen-bond donors (Lipinski definition) is 1. The summed E-state index contributed by atoms with van der Waals surface area (Å²) in [5.74, 6) is 0.809. The second kappa shape index (κ2) is 5.47. The molecule has 3 rings (SSSR count). The van der Waals surface area contributed by atoms with Gasteiger partial charge in [0.1, 0.15) is 5.15 Å². The van der Waals surface area contributed by atoms with Crippen LogP contribution in [-0.4, -0.2) is 29.3 Å². The highest BCUT2D eigenvalue weighted by Crippen LogP contribution is 2.38. The molecule has 2 aromatic rings. The Labute approximate surface area is 130 Å². The lowest BCUT2D eigenvalue weighted by Gasteiger charge is -2.48. The van der Waals surface area contributed by atoms with Crippen LogP contribution in [0.4, 0.5) is 5.69 Å². The SMILES string of the molecule is CC(C)c1ccc(N2C[C@H](CO)[C@H]2C)c2cnc(Cl)cc12. The van der Waals surface area contributed by atoms with E-state index in [1.807, 2.05) is 12.3 Å². The van der Waals surface area contributed by atoms with Crippen molar-refractivity contribution in [2.45, 2.75) is 32.7 Å². The average molecular weight is 305 g/mol. The van der Waals surface area contributed by atoms with Crippen molar-refractivity contribution in [1.82, 2.24) is 4.98 Å². The minimum Gasteiger partial charge on any atom is -0.396 e. The Morgan fingerprint density at radius 1 is 1.38 bits per heavy atom. The predicted octanol–water partition coefficient (Wildman–Crippen LogP) is 3.83. The van der Waals surface area contributed by atoms with Gasteiger partial charge in [0, 0.05) is 42.4 Å². The van der Waals surface area contributed by atoms with Crippen molar-refractivity contribution in [3.8, 4) is 0 Å². The van der Waals surface area contributed by atoms with Gasteiger partial charge in [0.2, 0.25) is 0 Å². The number of anilines is 1. The van der Waals surface area contributed by atoms with Gasteiger partial charge in [-0.25, -0.2) is 4.98 Å². The molecule has 4 heteroatoms. The summed E-state index contributed by atoms with van der Waals surface area (Å²) in [4.78, 5) is 6.60. The summed E-state index contributed by atoms with van der Waals surface area (Å²) in [6.07, 6.45) is 1.87. The molecule has 0 spiro atoms. The van der Waals surface area contributed by atoms with Crippen LogP contribution in [0.5, 0.6) is 0 Å². The lowest BCUT2D eigenvalue weighted by Crippen LogP contribution is -2.56. The van der Waals surface area contributed by atoms with Crippen LogP contribution < -0.4 is 4.90 Å². The maximum absolute atomic E-state index is 9.33. The van der Waals surface area contributed by atoms with E-state index in [-0.39, 0.29) is 6.61 Å². The van der Waals surface area contributed by atoms with Crippen LogP contribution in [0.1, 0.15) is 32.3 Å². The fourth-order valence-electron chi connectivity index (χ4n) is 3.19. The summed E-state index contributed by atoms with van der Waals surface area (Å²) in [6.45, 7) is 7.70. The first-order valence-electron chi connectivity index (χ1n) is 7.48. The number of rotatable bonds is 3. The van der Waals surface area contributed by atoms with Crippen molar-refractivity contribution in [3.63, 3.8) is 0 Å². The zero-order chi connectivity index (χ0) is 15.1.